The van der Waals surface area contributed by atoms with Crippen molar-refractivity contribution in [3.05, 3.63) is 42.5 Å². The molecule has 4 nitrogen and oxygen atoms in total. The highest BCUT2D eigenvalue weighted by atomic mass is 19.3. The molecule has 0 amide bonds. The number of ether oxygens (including phenoxy) is 1. The number of oxazole rings is 1. The Morgan fingerprint density at radius 3 is 2.50 bits per heavy atom. The lowest BCUT2D eigenvalue weighted by atomic mass is 10.2. The van der Waals surface area contributed by atoms with Crippen molar-refractivity contribution in [2.45, 2.75) is 6.61 Å². The van der Waals surface area contributed by atoms with Gasteiger partial charge in [0.1, 0.15) is 11.3 Å². The highest BCUT2D eigenvalue weighted by Gasteiger charge is 2.11. The fourth-order valence-electron chi connectivity index (χ4n) is 1.87. The molecule has 0 spiro atoms. The second-order valence-corrected chi connectivity index (χ2v) is 4.12. The highest BCUT2D eigenvalue weighted by molar-refractivity contribution is 5.87. The molecule has 0 aliphatic heterocycles. The van der Waals surface area contributed by atoms with Crippen LogP contribution in [0.3, 0.4) is 0 Å². The quantitative estimate of drug-likeness (QED) is 0.741. The van der Waals surface area contributed by atoms with Crippen LogP contribution in [0.5, 0.6) is 5.75 Å². The van der Waals surface area contributed by atoms with Gasteiger partial charge in [-0.3, -0.25) is 0 Å². The maximum atomic E-state index is 12.1. The number of fused-ring (bicyclic) bond motifs is 1. The van der Waals surface area contributed by atoms with Crippen LogP contribution in [0.4, 0.5) is 14.5 Å². The first-order valence-corrected chi connectivity index (χ1v) is 5.84. The molecule has 0 aliphatic rings. The number of rotatable bonds is 3. The van der Waals surface area contributed by atoms with Gasteiger partial charge in [-0.15, -0.1) is 0 Å². The minimum absolute atomic E-state index is 0.0828. The fraction of sp³-hybridized carbons (Fsp3) is 0.0714. The summed E-state index contributed by atoms with van der Waals surface area (Å²) in [7, 11) is 0. The van der Waals surface area contributed by atoms with Crippen LogP contribution in [0.15, 0.2) is 46.9 Å². The molecule has 0 fully saturated rings. The lowest BCUT2D eigenvalue weighted by molar-refractivity contribution is -0.0498. The van der Waals surface area contributed by atoms with E-state index in [1.165, 1.54) is 12.1 Å². The Kier molecular flexibility index (Phi) is 2.98. The van der Waals surface area contributed by atoms with E-state index in [0.29, 0.717) is 28.2 Å². The largest absolute Gasteiger partial charge is 0.436 e. The molecule has 0 bridgehead atoms. The van der Waals surface area contributed by atoms with Gasteiger partial charge in [0.2, 0.25) is 5.89 Å². The summed E-state index contributed by atoms with van der Waals surface area (Å²) in [5.41, 5.74) is 8.13. The summed E-state index contributed by atoms with van der Waals surface area (Å²) in [6.07, 6.45) is 0. The number of alkyl halides is 2. The van der Waals surface area contributed by atoms with Crippen molar-refractivity contribution in [2.75, 3.05) is 5.73 Å². The van der Waals surface area contributed by atoms with Gasteiger partial charge in [0, 0.05) is 5.56 Å². The van der Waals surface area contributed by atoms with Gasteiger partial charge in [-0.1, -0.05) is 6.07 Å². The molecule has 2 aromatic carbocycles. The van der Waals surface area contributed by atoms with Crippen LogP contribution >= 0.6 is 0 Å². The number of nitrogens with zero attached hydrogens (tertiary/aromatic N) is 1. The molecule has 20 heavy (non-hydrogen) atoms. The first-order valence-electron chi connectivity index (χ1n) is 5.84. The van der Waals surface area contributed by atoms with Crippen LogP contribution in [0.25, 0.3) is 22.6 Å². The molecule has 1 heterocycles. The number of hydrogen-bond donors (Lipinski definition) is 1. The van der Waals surface area contributed by atoms with Crippen LogP contribution in [-0.4, -0.2) is 11.6 Å². The average Bonchev–Trinajstić information content (AvgIpc) is 2.84. The summed E-state index contributed by atoms with van der Waals surface area (Å²) in [5, 5.41) is 0. The molecule has 3 rings (SSSR count). The van der Waals surface area contributed by atoms with Crippen molar-refractivity contribution in [3.8, 4) is 17.2 Å². The Balaban J connectivity index is 1.96. The standard InChI is InChI=1S/C14H10F2N2O2/c15-14(16)19-9-6-4-8(5-7-9)13-18-12-10(17)2-1-3-11(12)20-13/h1-7,14H,17H2. The monoisotopic (exact) mass is 276 g/mol. The van der Waals surface area contributed by atoms with Gasteiger partial charge in [0.05, 0.1) is 5.69 Å². The summed E-state index contributed by atoms with van der Waals surface area (Å²) in [4.78, 5) is 4.29. The number of aromatic nitrogens is 1. The Hall–Kier alpha value is -2.63. The number of nitrogens with two attached hydrogens (primary N) is 1. The average molecular weight is 276 g/mol. The van der Waals surface area contributed by atoms with Crippen molar-refractivity contribution in [3.63, 3.8) is 0 Å². The fourth-order valence-corrected chi connectivity index (χ4v) is 1.87. The molecule has 2 N–H and O–H groups in total. The molecule has 6 heteroatoms. The summed E-state index contributed by atoms with van der Waals surface area (Å²) >= 11 is 0. The van der Waals surface area contributed by atoms with Gasteiger partial charge in [0.25, 0.3) is 0 Å². The van der Waals surface area contributed by atoms with E-state index < -0.39 is 6.61 Å². The Morgan fingerprint density at radius 1 is 1.10 bits per heavy atom. The highest BCUT2D eigenvalue weighted by Crippen LogP contribution is 2.28. The number of para-hydroxylation sites is 1. The van der Waals surface area contributed by atoms with Gasteiger partial charge < -0.3 is 14.9 Å². The zero-order chi connectivity index (χ0) is 14.1. The second kappa shape index (κ2) is 4.80. The van der Waals surface area contributed by atoms with Crippen LogP contribution in [-0.2, 0) is 0 Å². The van der Waals surface area contributed by atoms with Crippen molar-refractivity contribution in [2.24, 2.45) is 0 Å². The van der Waals surface area contributed by atoms with Crippen molar-refractivity contribution in [1.82, 2.24) is 4.98 Å². The zero-order valence-corrected chi connectivity index (χ0v) is 10.2. The Morgan fingerprint density at radius 2 is 1.85 bits per heavy atom. The first-order chi connectivity index (χ1) is 9.63. The topological polar surface area (TPSA) is 61.3 Å². The van der Waals surface area contributed by atoms with Gasteiger partial charge in [-0.2, -0.15) is 8.78 Å². The summed E-state index contributed by atoms with van der Waals surface area (Å²) in [5.74, 6) is 0.459. The lowest BCUT2D eigenvalue weighted by Crippen LogP contribution is -2.01. The number of halogens is 2. The predicted molar refractivity (Wildman–Crippen MR) is 70.5 cm³/mol. The molecular formula is C14H10F2N2O2. The van der Waals surface area contributed by atoms with Gasteiger partial charge in [0.15, 0.2) is 5.58 Å². The number of nitrogen functional groups attached to an aromatic ring is 1. The lowest BCUT2D eigenvalue weighted by Gasteiger charge is -2.03. The van der Waals surface area contributed by atoms with Gasteiger partial charge in [-0.25, -0.2) is 4.98 Å². The molecule has 3 aromatic rings. The smallest absolute Gasteiger partial charge is 0.387 e. The van der Waals surface area contributed by atoms with Crippen LogP contribution in [0.1, 0.15) is 0 Å². The van der Waals surface area contributed by atoms with Gasteiger partial charge in [-0.05, 0) is 36.4 Å². The molecular weight excluding hydrogens is 266 g/mol. The maximum absolute atomic E-state index is 12.1. The van der Waals surface area contributed by atoms with Crippen molar-refractivity contribution in [1.29, 1.82) is 0 Å². The molecule has 0 radical (unpaired) electrons. The third-order valence-electron chi connectivity index (χ3n) is 2.78. The predicted octanol–water partition coefficient (Wildman–Crippen LogP) is 3.68. The summed E-state index contributed by atoms with van der Waals surface area (Å²) < 4.78 is 34.0. The zero-order valence-electron chi connectivity index (χ0n) is 10.2. The number of benzene rings is 2. The van der Waals surface area contributed by atoms with E-state index in [0.717, 1.165) is 0 Å². The Bertz CT molecular complexity index is 739. The van der Waals surface area contributed by atoms with E-state index in [1.807, 2.05) is 0 Å². The summed E-state index contributed by atoms with van der Waals surface area (Å²) in [6.45, 7) is -2.84. The van der Waals surface area contributed by atoms with E-state index in [4.69, 9.17) is 10.2 Å². The van der Waals surface area contributed by atoms with E-state index in [1.54, 1.807) is 30.3 Å². The molecule has 0 unspecified atom stereocenters. The van der Waals surface area contributed by atoms with Crippen LogP contribution < -0.4 is 10.5 Å². The molecule has 0 saturated heterocycles. The van der Waals surface area contributed by atoms with Crippen molar-refractivity contribution < 1.29 is 17.9 Å². The minimum atomic E-state index is -2.84. The normalized spacial score (nSPS) is 11.2. The van der Waals surface area contributed by atoms with E-state index in [2.05, 4.69) is 9.72 Å². The maximum Gasteiger partial charge on any atom is 0.387 e. The van der Waals surface area contributed by atoms with E-state index >= 15 is 0 Å². The van der Waals surface area contributed by atoms with Gasteiger partial charge >= 0.3 is 6.61 Å². The molecule has 0 saturated carbocycles. The van der Waals surface area contributed by atoms with Crippen molar-refractivity contribution >= 4 is 16.8 Å². The molecule has 1 aromatic heterocycles. The number of hydrogen-bond acceptors (Lipinski definition) is 4. The summed E-state index contributed by atoms with van der Waals surface area (Å²) in [6, 6.07) is 11.3. The third kappa shape index (κ3) is 2.27. The first kappa shape index (κ1) is 12.4. The van der Waals surface area contributed by atoms with E-state index in [-0.39, 0.29) is 5.75 Å². The second-order valence-electron chi connectivity index (χ2n) is 4.12. The van der Waals surface area contributed by atoms with Crippen LogP contribution in [0, 0.1) is 0 Å². The SMILES string of the molecule is Nc1cccc2oc(-c3ccc(OC(F)F)cc3)nc12. The van der Waals surface area contributed by atoms with Crippen LogP contribution in [0.2, 0.25) is 0 Å². The minimum Gasteiger partial charge on any atom is -0.436 e. The molecule has 0 atom stereocenters. The Labute approximate surface area is 112 Å². The van der Waals surface area contributed by atoms with E-state index in [9.17, 15) is 8.78 Å². The third-order valence-corrected chi connectivity index (χ3v) is 2.78. The molecule has 102 valence electrons. The molecule has 0 aliphatic carbocycles. The number of anilines is 1.